The normalized spacial score (nSPS) is 15.1. The molecule has 9 nitrogen and oxygen atoms in total. The summed E-state index contributed by atoms with van der Waals surface area (Å²) >= 11 is 0. The fraction of sp³-hybridized carbons (Fsp3) is 0.269. The van der Waals surface area contributed by atoms with Gasteiger partial charge in [0.15, 0.2) is 0 Å². The van der Waals surface area contributed by atoms with E-state index >= 15 is 0 Å². The molecule has 2 N–H and O–H groups in total. The van der Waals surface area contributed by atoms with Gasteiger partial charge < -0.3 is 20.3 Å². The van der Waals surface area contributed by atoms with Crippen LogP contribution < -0.4 is 10.6 Å². The largest absolute Gasteiger partial charge is 0.378 e. The molecular weight excluding hydrogens is 444 g/mol. The van der Waals surface area contributed by atoms with Crippen LogP contribution in [0.25, 0.3) is 11.3 Å². The van der Waals surface area contributed by atoms with E-state index in [9.17, 15) is 14.9 Å². The van der Waals surface area contributed by atoms with Crippen LogP contribution in [0, 0.1) is 17.2 Å². The third kappa shape index (κ3) is 4.98. The standard InChI is InChI=1S/C26H24N6O3/c1-35-21-14-32(15-21)25(34)17-4-7-20(8-5-17)29-26-28-11-10-23(31-26)18-6-9-22(19(12-18)13-27)30-24(33)16-2-3-16/h4-12,16,21H,2-3,14-15H2,1H3,(H,30,33)(H,28,29,31). The van der Waals surface area contributed by atoms with Gasteiger partial charge in [0.1, 0.15) is 6.07 Å². The first-order valence-corrected chi connectivity index (χ1v) is 11.4. The van der Waals surface area contributed by atoms with E-state index in [1.807, 2.05) is 18.2 Å². The zero-order chi connectivity index (χ0) is 24.4. The number of ether oxygens (including phenoxy) is 1. The van der Waals surface area contributed by atoms with Crippen LogP contribution in [-0.2, 0) is 9.53 Å². The number of carbonyl (C=O) groups is 2. The summed E-state index contributed by atoms with van der Waals surface area (Å²) in [5.74, 6) is 0.382. The monoisotopic (exact) mass is 468 g/mol. The predicted octanol–water partition coefficient (Wildman–Crippen LogP) is 3.58. The Morgan fingerprint density at radius 1 is 1.11 bits per heavy atom. The van der Waals surface area contributed by atoms with Gasteiger partial charge in [-0.25, -0.2) is 9.97 Å². The van der Waals surface area contributed by atoms with E-state index in [0.29, 0.717) is 41.5 Å². The Morgan fingerprint density at radius 2 is 1.89 bits per heavy atom. The van der Waals surface area contributed by atoms with Gasteiger partial charge >= 0.3 is 0 Å². The summed E-state index contributed by atoms with van der Waals surface area (Å²) in [4.78, 5) is 35.2. The van der Waals surface area contributed by atoms with Gasteiger partial charge in [-0.15, -0.1) is 0 Å². The van der Waals surface area contributed by atoms with Gasteiger partial charge in [-0.1, -0.05) is 6.07 Å². The maximum absolute atomic E-state index is 12.5. The van der Waals surface area contributed by atoms with Crippen LogP contribution >= 0.6 is 0 Å². The summed E-state index contributed by atoms with van der Waals surface area (Å²) in [6.45, 7) is 1.22. The molecule has 2 fully saturated rings. The highest BCUT2D eigenvalue weighted by Gasteiger charge is 2.31. The molecule has 0 unspecified atom stereocenters. The Bertz CT molecular complexity index is 1310. The van der Waals surface area contributed by atoms with Gasteiger partial charge in [0.05, 0.1) is 23.0 Å². The molecule has 0 radical (unpaired) electrons. The lowest BCUT2D eigenvalue weighted by molar-refractivity contribution is -0.117. The van der Waals surface area contributed by atoms with E-state index in [-0.39, 0.29) is 23.8 Å². The molecule has 1 aromatic heterocycles. The van der Waals surface area contributed by atoms with Gasteiger partial charge in [0.2, 0.25) is 11.9 Å². The van der Waals surface area contributed by atoms with Gasteiger partial charge in [0.25, 0.3) is 5.91 Å². The van der Waals surface area contributed by atoms with Crippen molar-refractivity contribution in [1.29, 1.82) is 5.26 Å². The second kappa shape index (κ2) is 9.52. The summed E-state index contributed by atoms with van der Waals surface area (Å²) in [5, 5.41) is 15.6. The van der Waals surface area contributed by atoms with Gasteiger partial charge in [0, 0.05) is 49.1 Å². The second-order valence-corrected chi connectivity index (χ2v) is 8.67. The topological polar surface area (TPSA) is 120 Å². The zero-order valence-corrected chi connectivity index (χ0v) is 19.2. The van der Waals surface area contributed by atoms with E-state index in [4.69, 9.17) is 4.74 Å². The summed E-state index contributed by atoms with van der Waals surface area (Å²) in [5.41, 5.74) is 3.61. The fourth-order valence-corrected chi connectivity index (χ4v) is 3.83. The van der Waals surface area contributed by atoms with Crippen LogP contribution in [-0.4, -0.2) is 53.0 Å². The highest BCUT2D eigenvalue weighted by atomic mass is 16.5. The van der Waals surface area contributed by atoms with Crippen molar-refractivity contribution in [3.8, 4) is 17.3 Å². The molecule has 2 aliphatic rings. The molecule has 1 saturated carbocycles. The third-order valence-corrected chi connectivity index (χ3v) is 6.15. The molecule has 5 rings (SSSR count). The Balaban J connectivity index is 1.27. The van der Waals surface area contributed by atoms with E-state index in [1.165, 1.54) is 0 Å². The van der Waals surface area contributed by atoms with Gasteiger partial charge in [-0.2, -0.15) is 5.26 Å². The molecule has 0 spiro atoms. The maximum atomic E-state index is 12.5. The number of nitriles is 1. The number of hydrogen-bond acceptors (Lipinski definition) is 7. The number of anilines is 3. The molecule has 176 valence electrons. The molecular formula is C26H24N6O3. The molecule has 1 aliphatic heterocycles. The first-order valence-electron chi connectivity index (χ1n) is 11.4. The number of nitrogens with zero attached hydrogens (tertiary/aromatic N) is 4. The highest BCUT2D eigenvalue weighted by Crippen LogP contribution is 2.31. The first-order chi connectivity index (χ1) is 17.0. The minimum absolute atomic E-state index is 0.0202. The Morgan fingerprint density at radius 3 is 2.57 bits per heavy atom. The lowest BCUT2D eigenvalue weighted by Crippen LogP contribution is -2.54. The molecule has 1 aliphatic carbocycles. The average molecular weight is 469 g/mol. The number of amides is 2. The lowest BCUT2D eigenvalue weighted by atomic mass is 10.1. The molecule has 35 heavy (non-hydrogen) atoms. The Kier molecular flexibility index (Phi) is 6.12. The van der Waals surface area contributed by atoms with E-state index < -0.39 is 0 Å². The van der Waals surface area contributed by atoms with Crippen molar-refractivity contribution in [3.05, 3.63) is 65.9 Å². The van der Waals surface area contributed by atoms with Gasteiger partial charge in [-0.05, 0) is 55.3 Å². The smallest absolute Gasteiger partial charge is 0.254 e. The van der Waals surface area contributed by atoms with Crippen LogP contribution in [0.4, 0.5) is 17.3 Å². The second-order valence-electron chi connectivity index (χ2n) is 8.67. The predicted molar refractivity (Wildman–Crippen MR) is 130 cm³/mol. The first kappa shape index (κ1) is 22.5. The Hall–Kier alpha value is -4.29. The van der Waals surface area contributed by atoms with Crippen molar-refractivity contribution < 1.29 is 14.3 Å². The molecule has 3 aromatic rings. The summed E-state index contributed by atoms with van der Waals surface area (Å²) in [7, 11) is 1.65. The SMILES string of the molecule is COC1CN(C(=O)c2ccc(Nc3nccc(-c4ccc(NC(=O)C5CC5)c(C#N)c4)n3)cc2)C1. The van der Waals surface area contributed by atoms with Crippen molar-refractivity contribution in [1.82, 2.24) is 14.9 Å². The van der Waals surface area contributed by atoms with Crippen LogP contribution in [0.1, 0.15) is 28.8 Å². The van der Waals surface area contributed by atoms with Crippen molar-refractivity contribution in [2.75, 3.05) is 30.8 Å². The number of aromatic nitrogens is 2. The van der Waals surface area contributed by atoms with Crippen molar-refractivity contribution in [2.45, 2.75) is 18.9 Å². The minimum atomic E-state index is -0.0421. The number of benzene rings is 2. The zero-order valence-electron chi connectivity index (χ0n) is 19.2. The van der Waals surface area contributed by atoms with Crippen LogP contribution in [0.15, 0.2) is 54.7 Å². The molecule has 0 atom stereocenters. The maximum Gasteiger partial charge on any atom is 0.254 e. The number of nitrogens with one attached hydrogen (secondary N) is 2. The highest BCUT2D eigenvalue weighted by molar-refractivity contribution is 5.96. The molecule has 0 bridgehead atoms. The third-order valence-electron chi connectivity index (χ3n) is 6.15. The summed E-state index contributed by atoms with van der Waals surface area (Å²) in [6.07, 6.45) is 3.54. The molecule has 2 aromatic carbocycles. The van der Waals surface area contributed by atoms with Crippen molar-refractivity contribution in [2.24, 2.45) is 5.92 Å². The van der Waals surface area contributed by atoms with Crippen LogP contribution in [0.2, 0.25) is 0 Å². The van der Waals surface area contributed by atoms with Gasteiger partial charge in [-0.3, -0.25) is 9.59 Å². The van der Waals surface area contributed by atoms with E-state index in [0.717, 1.165) is 24.1 Å². The number of hydrogen-bond donors (Lipinski definition) is 2. The lowest BCUT2D eigenvalue weighted by Gasteiger charge is -2.38. The number of carbonyl (C=O) groups excluding carboxylic acids is 2. The Labute approximate surface area is 202 Å². The molecule has 2 amide bonds. The number of rotatable bonds is 7. The van der Waals surface area contributed by atoms with E-state index in [1.54, 1.807) is 48.5 Å². The minimum Gasteiger partial charge on any atom is -0.378 e. The number of likely N-dealkylation sites (tertiary alicyclic amines) is 1. The molecule has 1 saturated heterocycles. The molecule has 9 heteroatoms. The van der Waals surface area contributed by atoms with E-state index in [2.05, 4.69) is 26.7 Å². The fourth-order valence-electron chi connectivity index (χ4n) is 3.83. The van der Waals surface area contributed by atoms with Crippen LogP contribution in [0.5, 0.6) is 0 Å². The summed E-state index contributed by atoms with van der Waals surface area (Å²) < 4.78 is 5.22. The summed E-state index contributed by atoms with van der Waals surface area (Å²) in [6, 6.07) is 16.3. The van der Waals surface area contributed by atoms with Crippen molar-refractivity contribution >= 4 is 29.1 Å². The van der Waals surface area contributed by atoms with Crippen LogP contribution in [0.3, 0.4) is 0 Å². The number of methoxy groups -OCH3 is 1. The van der Waals surface area contributed by atoms with Crippen molar-refractivity contribution in [3.63, 3.8) is 0 Å². The average Bonchev–Trinajstić information content (AvgIpc) is 3.70. The molecule has 2 heterocycles. The quantitative estimate of drug-likeness (QED) is 0.544.